The highest BCUT2D eigenvalue weighted by Gasteiger charge is 2.51. The number of para-hydroxylation sites is 2. The molecule has 2 aliphatic rings. The van der Waals surface area contributed by atoms with E-state index in [1.165, 1.54) is 22.3 Å². The number of hydrogen-bond acceptors (Lipinski definition) is 7. The lowest BCUT2D eigenvalue weighted by atomic mass is 9.66. The minimum atomic E-state index is -0.523. The summed E-state index contributed by atoms with van der Waals surface area (Å²) in [7, 11) is 0. The summed E-state index contributed by atoms with van der Waals surface area (Å²) in [4.78, 5) is 18.2. The van der Waals surface area contributed by atoms with E-state index in [1.807, 2.05) is 42.5 Å². The maximum atomic E-state index is 6.54. The molecule has 0 atom stereocenters. The molecule has 7 nitrogen and oxygen atoms in total. The first-order valence-corrected chi connectivity index (χ1v) is 18.5. The molecule has 0 amide bonds. The fraction of sp³-hybridized carbons (Fsp3) is 0.0204. The van der Waals surface area contributed by atoms with Gasteiger partial charge in [0, 0.05) is 34.6 Å². The second-order valence-corrected chi connectivity index (χ2v) is 14.2. The van der Waals surface area contributed by atoms with E-state index in [0.717, 1.165) is 56.0 Å². The molecule has 1 aliphatic carbocycles. The number of aromatic nitrogens is 4. The van der Waals surface area contributed by atoms with Gasteiger partial charge in [-0.1, -0.05) is 97.1 Å². The molecule has 262 valence electrons. The Bertz CT molecular complexity index is 2990. The Kier molecular flexibility index (Phi) is 6.42. The number of pyridine rings is 2. The monoisotopic (exact) mass is 720 g/mol. The van der Waals surface area contributed by atoms with Crippen LogP contribution in [-0.2, 0) is 5.41 Å². The summed E-state index contributed by atoms with van der Waals surface area (Å²) in [6.45, 7) is 0. The van der Waals surface area contributed by atoms with Crippen LogP contribution < -0.4 is 4.74 Å². The van der Waals surface area contributed by atoms with E-state index in [2.05, 4.69) is 125 Å². The van der Waals surface area contributed by atoms with Crippen molar-refractivity contribution >= 4 is 22.5 Å². The van der Waals surface area contributed by atoms with Gasteiger partial charge in [-0.3, -0.25) is 0 Å². The normalized spacial score (nSPS) is 13.3. The Labute approximate surface area is 320 Å². The molecule has 6 aromatic carbocycles. The van der Waals surface area contributed by atoms with Gasteiger partial charge >= 0.3 is 0 Å². The molecule has 1 spiro atoms. The molecular formula is C49H28N4O3. The van der Waals surface area contributed by atoms with Gasteiger partial charge < -0.3 is 13.6 Å². The number of fused-ring (bicyclic) bond motifs is 11. The third-order valence-electron chi connectivity index (χ3n) is 11.2. The van der Waals surface area contributed by atoms with Gasteiger partial charge in [-0.05, 0) is 105 Å². The highest BCUT2D eigenvalue weighted by atomic mass is 16.5. The van der Waals surface area contributed by atoms with Gasteiger partial charge in [-0.15, -0.1) is 0 Å². The Morgan fingerprint density at radius 3 is 1.48 bits per heavy atom. The van der Waals surface area contributed by atoms with Crippen LogP contribution in [-0.4, -0.2) is 19.9 Å². The van der Waals surface area contributed by atoms with Crippen molar-refractivity contribution in [2.45, 2.75) is 5.41 Å². The molecule has 0 unspecified atom stereocenters. The molecule has 0 saturated heterocycles. The van der Waals surface area contributed by atoms with Crippen LogP contribution >= 0.6 is 0 Å². The van der Waals surface area contributed by atoms with Crippen molar-refractivity contribution in [2.24, 2.45) is 0 Å². The van der Waals surface area contributed by atoms with Gasteiger partial charge in [0.1, 0.15) is 22.5 Å². The number of ether oxygens (including phenoxy) is 1. The number of benzene rings is 6. The number of nitrogens with zero attached hydrogens (tertiary/aromatic N) is 4. The maximum absolute atomic E-state index is 6.54. The fourth-order valence-corrected chi connectivity index (χ4v) is 8.72. The maximum Gasteiger partial charge on any atom is 0.247 e. The number of rotatable bonds is 4. The molecule has 56 heavy (non-hydrogen) atoms. The molecule has 0 bridgehead atoms. The van der Waals surface area contributed by atoms with Crippen LogP contribution in [0.3, 0.4) is 0 Å². The average molecular weight is 721 g/mol. The van der Waals surface area contributed by atoms with Crippen LogP contribution in [0.1, 0.15) is 22.3 Å². The molecule has 0 radical (unpaired) electrons. The van der Waals surface area contributed by atoms with Crippen LogP contribution in [0.5, 0.6) is 11.5 Å². The summed E-state index contributed by atoms with van der Waals surface area (Å²) >= 11 is 0. The van der Waals surface area contributed by atoms with Crippen LogP contribution in [0.2, 0.25) is 0 Å². The first kappa shape index (κ1) is 30.8. The third kappa shape index (κ3) is 4.45. The fourth-order valence-electron chi connectivity index (χ4n) is 8.72. The molecule has 0 fully saturated rings. The van der Waals surface area contributed by atoms with Crippen molar-refractivity contribution in [1.82, 2.24) is 19.9 Å². The first-order valence-electron chi connectivity index (χ1n) is 18.5. The van der Waals surface area contributed by atoms with Crippen molar-refractivity contribution in [3.8, 4) is 67.8 Å². The Morgan fingerprint density at radius 1 is 0.375 bits per heavy atom. The zero-order chi connectivity index (χ0) is 36.8. The molecular weight excluding hydrogens is 693 g/mol. The van der Waals surface area contributed by atoms with Crippen LogP contribution in [0.15, 0.2) is 179 Å². The van der Waals surface area contributed by atoms with Gasteiger partial charge in [0.15, 0.2) is 0 Å². The quantitative estimate of drug-likeness (QED) is 0.179. The van der Waals surface area contributed by atoms with E-state index in [4.69, 9.17) is 23.5 Å². The Hall–Kier alpha value is -7.64. The molecule has 10 aromatic rings. The number of oxazole rings is 2. The number of hydrogen-bond donors (Lipinski definition) is 0. The zero-order valence-electron chi connectivity index (χ0n) is 29.7. The first-order chi connectivity index (χ1) is 27.7. The Balaban J connectivity index is 0.991. The average Bonchev–Trinajstić information content (AvgIpc) is 3.98. The molecule has 7 heteroatoms. The lowest BCUT2D eigenvalue weighted by Crippen LogP contribution is -2.32. The van der Waals surface area contributed by atoms with Gasteiger partial charge in [0.2, 0.25) is 23.2 Å². The van der Waals surface area contributed by atoms with E-state index >= 15 is 0 Å². The predicted octanol–water partition coefficient (Wildman–Crippen LogP) is 11.9. The summed E-state index contributed by atoms with van der Waals surface area (Å²) < 4.78 is 18.8. The standard InChI is InChI=1S/C49H28N4O3/c1-2-10-37-35(9-1)36-22-21-31(28-40(36)49(37)38-11-3-5-15-43(38)54-44-16-6-4-12-39(44)49)29-17-19-30(20-18-29)32-25-33(45-52-41-13-7-23-50-47(41)55-45)27-34(26-32)46-53-42-14-8-24-51-48(42)56-46/h1-28H. The van der Waals surface area contributed by atoms with Crippen molar-refractivity contribution in [1.29, 1.82) is 0 Å². The van der Waals surface area contributed by atoms with Crippen molar-refractivity contribution in [3.05, 3.63) is 192 Å². The molecule has 4 aromatic heterocycles. The minimum absolute atomic E-state index is 0.469. The molecule has 1 aliphatic heterocycles. The summed E-state index contributed by atoms with van der Waals surface area (Å²) in [5.74, 6) is 2.70. The highest BCUT2D eigenvalue weighted by Crippen LogP contribution is 2.62. The summed E-state index contributed by atoms with van der Waals surface area (Å²) in [6.07, 6.45) is 3.40. The van der Waals surface area contributed by atoms with Gasteiger partial charge in [-0.2, -0.15) is 0 Å². The van der Waals surface area contributed by atoms with E-state index in [9.17, 15) is 0 Å². The summed E-state index contributed by atoms with van der Waals surface area (Å²) in [6, 6.07) is 55.0. The van der Waals surface area contributed by atoms with Gasteiger partial charge in [0.05, 0.1) is 5.41 Å². The molecule has 0 N–H and O–H groups in total. The summed E-state index contributed by atoms with van der Waals surface area (Å²) in [5.41, 5.74) is 14.9. The van der Waals surface area contributed by atoms with Crippen molar-refractivity contribution in [3.63, 3.8) is 0 Å². The van der Waals surface area contributed by atoms with E-state index in [-0.39, 0.29) is 0 Å². The van der Waals surface area contributed by atoms with Gasteiger partial charge in [0.25, 0.3) is 0 Å². The largest absolute Gasteiger partial charge is 0.457 e. The SMILES string of the molecule is c1ccc2c(c1)Oc1ccccc1C21c2ccccc2-c2ccc(-c3ccc(-c4cc(-c5nc6cccnc6o5)cc(-c5nc6cccnc6o5)c4)cc3)cc21. The topological polar surface area (TPSA) is 87.1 Å². The molecule has 5 heterocycles. The second-order valence-electron chi connectivity index (χ2n) is 14.2. The van der Waals surface area contributed by atoms with Crippen LogP contribution in [0, 0.1) is 0 Å². The smallest absolute Gasteiger partial charge is 0.247 e. The van der Waals surface area contributed by atoms with E-state index in [1.54, 1.807) is 12.4 Å². The zero-order valence-corrected chi connectivity index (χ0v) is 29.7. The van der Waals surface area contributed by atoms with Crippen LogP contribution in [0.25, 0.3) is 78.7 Å². The predicted molar refractivity (Wildman–Crippen MR) is 216 cm³/mol. The van der Waals surface area contributed by atoms with Crippen LogP contribution in [0.4, 0.5) is 0 Å². The second kappa shape index (κ2) is 11.7. The van der Waals surface area contributed by atoms with Crippen molar-refractivity contribution in [2.75, 3.05) is 0 Å². The highest BCUT2D eigenvalue weighted by molar-refractivity contribution is 5.90. The third-order valence-corrected chi connectivity index (χ3v) is 11.2. The Morgan fingerprint density at radius 2 is 0.875 bits per heavy atom. The molecule has 12 rings (SSSR count). The van der Waals surface area contributed by atoms with E-state index in [0.29, 0.717) is 34.2 Å². The lowest BCUT2D eigenvalue weighted by Gasteiger charge is -2.39. The molecule has 0 saturated carbocycles. The summed E-state index contributed by atoms with van der Waals surface area (Å²) in [5, 5.41) is 0. The van der Waals surface area contributed by atoms with E-state index < -0.39 is 5.41 Å². The van der Waals surface area contributed by atoms with Crippen molar-refractivity contribution < 1.29 is 13.6 Å². The lowest BCUT2D eigenvalue weighted by molar-refractivity contribution is 0.436. The minimum Gasteiger partial charge on any atom is -0.457 e. The van der Waals surface area contributed by atoms with Gasteiger partial charge in [-0.25, -0.2) is 19.9 Å².